The van der Waals surface area contributed by atoms with Crippen molar-refractivity contribution in [1.29, 1.82) is 0 Å². The van der Waals surface area contributed by atoms with E-state index < -0.39 is 6.04 Å². The number of methoxy groups -OCH3 is 1. The van der Waals surface area contributed by atoms with Gasteiger partial charge in [-0.2, -0.15) is 5.10 Å². The zero-order chi connectivity index (χ0) is 15.5. The molecule has 2 aromatic rings. The number of nitrogens with zero attached hydrogens (tertiary/aromatic N) is 2. The topological polar surface area (TPSA) is 106 Å². The summed E-state index contributed by atoms with van der Waals surface area (Å²) in [5, 5.41) is 9.96. The number of carbonyl (C=O) groups excluding carboxylic acids is 1. The Morgan fingerprint density at radius 3 is 2.82 bits per heavy atom. The molecule has 0 spiro atoms. The molecule has 1 aromatic heterocycles. The quantitative estimate of drug-likeness (QED) is 0.745. The van der Waals surface area contributed by atoms with Crippen molar-refractivity contribution in [1.82, 2.24) is 15.2 Å². The average Bonchev–Trinajstić information content (AvgIpc) is 3.26. The predicted octanol–water partition coefficient (Wildman–Crippen LogP) is 1.26. The second-order valence-corrected chi connectivity index (χ2v) is 5.45. The van der Waals surface area contributed by atoms with Crippen LogP contribution in [-0.2, 0) is 9.53 Å². The Labute approximate surface area is 128 Å². The Balaban J connectivity index is 1.65. The van der Waals surface area contributed by atoms with E-state index in [0.29, 0.717) is 17.4 Å². The van der Waals surface area contributed by atoms with Gasteiger partial charge in [-0.15, -0.1) is 0 Å². The lowest BCUT2D eigenvalue weighted by atomic mass is 10.2. The molecule has 7 nitrogen and oxygen atoms in total. The molecule has 1 fully saturated rings. The summed E-state index contributed by atoms with van der Waals surface area (Å²) in [7, 11) is 1.51. The van der Waals surface area contributed by atoms with Gasteiger partial charge in [-0.3, -0.25) is 9.89 Å². The number of hydrogen-bond donors (Lipinski definition) is 3. The summed E-state index contributed by atoms with van der Waals surface area (Å²) in [5.74, 6) is 1.90. The van der Waals surface area contributed by atoms with Gasteiger partial charge in [0.2, 0.25) is 5.91 Å². The number of H-pyrrole nitrogens is 1. The zero-order valence-electron chi connectivity index (χ0n) is 12.4. The van der Waals surface area contributed by atoms with Crippen molar-refractivity contribution in [2.75, 3.05) is 19.0 Å². The maximum Gasteiger partial charge on any atom is 0.243 e. The van der Waals surface area contributed by atoms with E-state index in [-0.39, 0.29) is 12.5 Å². The first-order valence-corrected chi connectivity index (χ1v) is 7.25. The third kappa shape index (κ3) is 3.32. The third-order valence-corrected chi connectivity index (χ3v) is 3.56. The molecule has 1 saturated carbocycles. The van der Waals surface area contributed by atoms with Crippen LogP contribution in [0.5, 0.6) is 0 Å². The number of anilines is 1. The van der Waals surface area contributed by atoms with Crippen LogP contribution < -0.4 is 11.1 Å². The number of aromatic nitrogens is 3. The van der Waals surface area contributed by atoms with Crippen molar-refractivity contribution in [3.8, 4) is 11.4 Å². The Hall–Kier alpha value is -2.25. The fraction of sp³-hybridized carbons (Fsp3) is 0.400. The molecule has 1 amide bonds. The summed E-state index contributed by atoms with van der Waals surface area (Å²) < 4.78 is 4.86. The van der Waals surface area contributed by atoms with Gasteiger partial charge in [-0.05, 0) is 37.1 Å². The van der Waals surface area contributed by atoms with Gasteiger partial charge in [-0.25, -0.2) is 4.98 Å². The van der Waals surface area contributed by atoms with Crippen LogP contribution >= 0.6 is 0 Å². The minimum Gasteiger partial charge on any atom is -0.383 e. The molecule has 1 atom stereocenters. The van der Waals surface area contributed by atoms with Gasteiger partial charge in [0.05, 0.1) is 6.61 Å². The van der Waals surface area contributed by atoms with E-state index in [2.05, 4.69) is 20.5 Å². The van der Waals surface area contributed by atoms with E-state index in [4.69, 9.17) is 10.5 Å². The summed E-state index contributed by atoms with van der Waals surface area (Å²) in [4.78, 5) is 16.3. The minimum absolute atomic E-state index is 0.186. The molecular weight excluding hydrogens is 282 g/mol. The number of aromatic amines is 1. The van der Waals surface area contributed by atoms with E-state index in [1.54, 1.807) is 12.1 Å². The first kappa shape index (κ1) is 14.7. The maximum absolute atomic E-state index is 11.8. The summed E-state index contributed by atoms with van der Waals surface area (Å²) in [6.07, 6.45) is 2.36. The molecule has 3 rings (SSSR count). The highest BCUT2D eigenvalue weighted by molar-refractivity contribution is 5.94. The molecule has 0 bridgehead atoms. The smallest absolute Gasteiger partial charge is 0.243 e. The lowest BCUT2D eigenvalue weighted by Gasteiger charge is -2.11. The standard InChI is InChI=1S/C15H19N5O2/c1-22-8-12(16)15(21)17-11-6-4-10(5-7-11)14-18-13(19-20-14)9-2-3-9/h4-7,9,12H,2-3,8,16H2,1H3,(H,17,21)(H,18,19,20). The van der Waals surface area contributed by atoms with E-state index in [0.717, 1.165) is 11.4 Å². The molecule has 0 saturated heterocycles. The molecule has 1 aromatic carbocycles. The van der Waals surface area contributed by atoms with Crippen LogP contribution in [0.15, 0.2) is 24.3 Å². The number of carbonyl (C=O) groups is 1. The number of nitrogens with one attached hydrogen (secondary N) is 2. The molecule has 1 aliphatic rings. The Kier molecular flexibility index (Phi) is 4.17. The van der Waals surface area contributed by atoms with Crippen molar-refractivity contribution in [3.05, 3.63) is 30.1 Å². The van der Waals surface area contributed by atoms with Crippen LogP contribution in [-0.4, -0.2) is 40.8 Å². The van der Waals surface area contributed by atoms with Gasteiger partial charge in [0.15, 0.2) is 5.82 Å². The lowest BCUT2D eigenvalue weighted by Crippen LogP contribution is -2.39. The summed E-state index contributed by atoms with van der Waals surface area (Å²) in [6.45, 7) is 0.186. The van der Waals surface area contributed by atoms with Gasteiger partial charge in [0, 0.05) is 24.3 Å². The van der Waals surface area contributed by atoms with Gasteiger partial charge >= 0.3 is 0 Å². The summed E-state index contributed by atoms with van der Waals surface area (Å²) in [6, 6.07) is 6.67. The largest absolute Gasteiger partial charge is 0.383 e. The molecule has 0 aliphatic heterocycles. The van der Waals surface area contributed by atoms with Gasteiger partial charge in [0.1, 0.15) is 11.9 Å². The Morgan fingerprint density at radius 2 is 2.18 bits per heavy atom. The Bertz CT molecular complexity index is 648. The van der Waals surface area contributed by atoms with Gasteiger partial charge < -0.3 is 15.8 Å². The molecular formula is C15H19N5O2. The van der Waals surface area contributed by atoms with Crippen molar-refractivity contribution < 1.29 is 9.53 Å². The molecule has 1 heterocycles. The number of rotatable bonds is 6. The fourth-order valence-corrected chi connectivity index (χ4v) is 2.14. The molecule has 4 N–H and O–H groups in total. The van der Waals surface area contributed by atoms with E-state index >= 15 is 0 Å². The number of hydrogen-bond acceptors (Lipinski definition) is 5. The summed E-state index contributed by atoms with van der Waals surface area (Å²) in [5.41, 5.74) is 7.26. The highest BCUT2D eigenvalue weighted by Crippen LogP contribution is 2.38. The first-order valence-electron chi connectivity index (χ1n) is 7.25. The van der Waals surface area contributed by atoms with Gasteiger partial charge in [0.25, 0.3) is 0 Å². The average molecular weight is 301 g/mol. The fourth-order valence-electron chi connectivity index (χ4n) is 2.14. The lowest BCUT2D eigenvalue weighted by molar-refractivity contribution is -0.118. The SMILES string of the molecule is COCC(N)C(=O)Nc1ccc(-c2n[nH]c(C3CC3)n2)cc1. The van der Waals surface area contributed by atoms with E-state index in [1.165, 1.54) is 20.0 Å². The highest BCUT2D eigenvalue weighted by atomic mass is 16.5. The first-order chi connectivity index (χ1) is 10.7. The molecule has 0 radical (unpaired) electrons. The van der Waals surface area contributed by atoms with Crippen LogP contribution in [0.3, 0.4) is 0 Å². The molecule has 1 aliphatic carbocycles. The number of nitrogens with two attached hydrogens (primary N) is 1. The van der Waals surface area contributed by atoms with Crippen LogP contribution in [0.1, 0.15) is 24.6 Å². The second kappa shape index (κ2) is 6.25. The molecule has 7 heteroatoms. The maximum atomic E-state index is 11.8. The Morgan fingerprint density at radius 1 is 1.45 bits per heavy atom. The number of ether oxygens (including phenoxy) is 1. The predicted molar refractivity (Wildman–Crippen MR) is 82.3 cm³/mol. The van der Waals surface area contributed by atoms with Crippen molar-refractivity contribution in [2.24, 2.45) is 5.73 Å². The van der Waals surface area contributed by atoms with Gasteiger partial charge in [-0.1, -0.05) is 0 Å². The minimum atomic E-state index is -0.682. The molecule has 116 valence electrons. The highest BCUT2D eigenvalue weighted by Gasteiger charge is 2.27. The van der Waals surface area contributed by atoms with Crippen molar-refractivity contribution >= 4 is 11.6 Å². The van der Waals surface area contributed by atoms with E-state index in [1.807, 2.05) is 12.1 Å². The normalized spacial score (nSPS) is 15.5. The van der Waals surface area contributed by atoms with E-state index in [9.17, 15) is 4.79 Å². The summed E-state index contributed by atoms with van der Waals surface area (Å²) >= 11 is 0. The molecule has 22 heavy (non-hydrogen) atoms. The van der Waals surface area contributed by atoms with Crippen LogP contribution in [0, 0.1) is 0 Å². The second-order valence-electron chi connectivity index (χ2n) is 5.45. The van der Waals surface area contributed by atoms with Crippen LogP contribution in [0.4, 0.5) is 5.69 Å². The third-order valence-electron chi connectivity index (χ3n) is 3.56. The van der Waals surface area contributed by atoms with Crippen molar-refractivity contribution in [3.63, 3.8) is 0 Å². The number of amides is 1. The zero-order valence-corrected chi connectivity index (χ0v) is 12.4. The van der Waals surface area contributed by atoms with Crippen LogP contribution in [0.25, 0.3) is 11.4 Å². The molecule has 1 unspecified atom stereocenters. The number of benzene rings is 1. The monoisotopic (exact) mass is 301 g/mol. The van der Waals surface area contributed by atoms with Crippen LogP contribution in [0.2, 0.25) is 0 Å². The van der Waals surface area contributed by atoms with Crippen molar-refractivity contribution in [2.45, 2.75) is 24.8 Å².